The first-order valence-electron chi connectivity index (χ1n) is 11.7. The number of hydrogen-bond acceptors (Lipinski definition) is 3. The molecule has 2 aromatic rings. The SMILES string of the molecule is CC.CC(C)/C=C/C(C)N.CC/C=C(\C)CCC.Cc1nc(-c2nc[nH]c2C)c(C)[nH]1. The van der Waals surface area contributed by atoms with E-state index in [2.05, 4.69) is 66.7 Å². The van der Waals surface area contributed by atoms with Gasteiger partial charge in [-0.3, -0.25) is 0 Å². The lowest BCUT2D eigenvalue weighted by Crippen LogP contribution is -2.10. The Morgan fingerprint density at radius 2 is 1.65 bits per heavy atom. The number of aromatic amines is 2. The highest BCUT2D eigenvalue weighted by Gasteiger charge is 2.10. The zero-order chi connectivity index (χ0) is 24.4. The van der Waals surface area contributed by atoms with Gasteiger partial charge in [-0.25, -0.2) is 9.97 Å². The van der Waals surface area contributed by atoms with E-state index in [4.69, 9.17) is 5.73 Å². The van der Waals surface area contributed by atoms with Crippen LogP contribution >= 0.6 is 0 Å². The zero-order valence-corrected chi connectivity index (χ0v) is 22.1. The van der Waals surface area contributed by atoms with Crippen LogP contribution in [-0.4, -0.2) is 26.0 Å². The number of nitrogens with zero attached hydrogens (tertiary/aromatic N) is 2. The predicted molar refractivity (Wildman–Crippen MR) is 138 cm³/mol. The lowest BCUT2D eigenvalue weighted by molar-refractivity contribution is 0.811. The maximum atomic E-state index is 5.45. The monoisotopic (exact) mass is 431 g/mol. The molecule has 0 saturated heterocycles. The van der Waals surface area contributed by atoms with E-state index in [1.54, 1.807) is 6.33 Å². The summed E-state index contributed by atoms with van der Waals surface area (Å²) in [5, 5.41) is 0. The molecular formula is C26H49N5. The van der Waals surface area contributed by atoms with Crippen LogP contribution in [-0.2, 0) is 0 Å². The van der Waals surface area contributed by atoms with Crippen molar-refractivity contribution in [2.75, 3.05) is 0 Å². The Kier molecular flexibility index (Phi) is 18.6. The lowest BCUT2D eigenvalue weighted by atomic mass is 10.1. The smallest absolute Gasteiger partial charge is 0.111 e. The second kappa shape index (κ2) is 18.6. The van der Waals surface area contributed by atoms with E-state index in [1.807, 2.05) is 47.6 Å². The normalized spacial score (nSPS) is 11.8. The van der Waals surface area contributed by atoms with Crippen LogP contribution in [0.1, 0.15) is 91.9 Å². The van der Waals surface area contributed by atoms with Crippen molar-refractivity contribution in [1.29, 1.82) is 0 Å². The van der Waals surface area contributed by atoms with Crippen molar-refractivity contribution in [1.82, 2.24) is 19.9 Å². The van der Waals surface area contributed by atoms with E-state index in [0.717, 1.165) is 28.6 Å². The molecule has 1 atom stereocenters. The quantitative estimate of drug-likeness (QED) is 0.415. The highest BCUT2D eigenvalue weighted by atomic mass is 15.0. The van der Waals surface area contributed by atoms with Crippen molar-refractivity contribution in [2.24, 2.45) is 11.7 Å². The van der Waals surface area contributed by atoms with Gasteiger partial charge in [0.05, 0.1) is 6.33 Å². The Morgan fingerprint density at radius 3 is 1.97 bits per heavy atom. The summed E-state index contributed by atoms with van der Waals surface area (Å²) in [6, 6.07) is 0.206. The molecule has 31 heavy (non-hydrogen) atoms. The topological polar surface area (TPSA) is 83.4 Å². The third-order valence-corrected chi connectivity index (χ3v) is 4.05. The van der Waals surface area contributed by atoms with Crippen molar-refractivity contribution in [3.05, 3.63) is 47.3 Å². The minimum absolute atomic E-state index is 0.206. The fourth-order valence-corrected chi connectivity index (χ4v) is 2.68. The van der Waals surface area contributed by atoms with Crippen molar-refractivity contribution >= 4 is 0 Å². The number of H-pyrrole nitrogens is 2. The Labute approximate surface area is 192 Å². The second-order valence-electron chi connectivity index (χ2n) is 7.87. The molecule has 0 spiro atoms. The average molecular weight is 432 g/mol. The van der Waals surface area contributed by atoms with Crippen molar-refractivity contribution in [3.63, 3.8) is 0 Å². The second-order valence-corrected chi connectivity index (χ2v) is 7.87. The Bertz CT molecular complexity index is 723. The van der Waals surface area contributed by atoms with Gasteiger partial charge in [0.15, 0.2) is 0 Å². The number of aromatic nitrogens is 4. The molecule has 5 nitrogen and oxygen atoms in total. The summed E-state index contributed by atoms with van der Waals surface area (Å²) in [5.74, 6) is 1.55. The molecule has 4 N–H and O–H groups in total. The molecule has 0 amide bonds. The third-order valence-electron chi connectivity index (χ3n) is 4.05. The van der Waals surface area contributed by atoms with E-state index in [-0.39, 0.29) is 6.04 Å². The van der Waals surface area contributed by atoms with Crippen LogP contribution in [0, 0.1) is 26.7 Å². The molecule has 0 bridgehead atoms. The van der Waals surface area contributed by atoms with Crippen LogP contribution in [0.25, 0.3) is 11.4 Å². The van der Waals surface area contributed by atoms with Gasteiger partial charge in [-0.1, -0.05) is 71.8 Å². The minimum Gasteiger partial charge on any atom is -0.348 e. The first kappa shape index (κ1) is 31.0. The van der Waals surface area contributed by atoms with Gasteiger partial charge < -0.3 is 15.7 Å². The van der Waals surface area contributed by atoms with Crippen LogP contribution in [0.15, 0.2) is 30.1 Å². The predicted octanol–water partition coefficient (Wildman–Crippen LogP) is 7.44. The molecule has 0 aliphatic heterocycles. The number of hydrogen-bond donors (Lipinski definition) is 3. The molecule has 0 aliphatic rings. The summed E-state index contributed by atoms with van der Waals surface area (Å²) in [6.07, 6.45) is 11.9. The number of rotatable bonds is 6. The fourth-order valence-electron chi connectivity index (χ4n) is 2.68. The number of nitrogens with two attached hydrogens (primary N) is 1. The number of nitrogens with one attached hydrogen (secondary N) is 2. The zero-order valence-electron chi connectivity index (χ0n) is 22.1. The first-order valence-corrected chi connectivity index (χ1v) is 11.7. The number of imidazole rings is 2. The van der Waals surface area contributed by atoms with E-state index in [1.165, 1.54) is 24.8 Å². The van der Waals surface area contributed by atoms with Gasteiger partial charge >= 0.3 is 0 Å². The average Bonchev–Trinajstić information content (AvgIpc) is 3.27. The van der Waals surface area contributed by atoms with Crippen LogP contribution in [0.4, 0.5) is 0 Å². The summed E-state index contributed by atoms with van der Waals surface area (Å²) in [6.45, 7) is 22.8. The highest BCUT2D eigenvalue weighted by Crippen LogP contribution is 2.20. The van der Waals surface area contributed by atoms with E-state index in [0.29, 0.717) is 5.92 Å². The van der Waals surface area contributed by atoms with Gasteiger partial charge in [0.25, 0.3) is 0 Å². The first-order chi connectivity index (χ1) is 14.6. The maximum Gasteiger partial charge on any atom is 0.111 e. The molecular weight excluding hydrogens is 382 g/mol. The van der Waals surface area contributed by atoms with Crippen LogP contribution in [0.5, 0.6) is 0 Å². The summed E-state index contributed by atoms with van der Waals surface area (Å²) >= 11 is 0. The van der Waals surface area contributed by atoms with Gasteiger partial charge in [-0.2, -0.15) is 0 Å². The van der Waals surface area contributed by atoms with Gasteiger partial charge in [-0.05, 0) is 53.4 Å². The summed E-state index contributed by atoms with van der Waals surface area (Å²) < 4.78 is 0. The Hall–Kier alpha value is -2.14. The van der Waals surface area contributed by atoms with Crippen LogP contribution in [0.2, 0.25) is 0 Å². The summed E-state index contributed by atoms with van der Waals surface area (Å²) in [7, 11) is 0. The molecule has 0 fully saturated rings. The van der Waals surface area contributed by atoms with E-state index < -0.39 is 0 Å². The van der Waals surface area contributed by atoms with Gasteiger partial charge in [0.2, 0.25) is 0 Å². The molecule has 5 heteroatoms. The standard InChI is InChI=1S/C9H12N4.C8H16.C7H15N.C2H6/c1-5-8(11-4-10-5)9-6(2)12-7(3)13-9;1-4-6-8(3)7-5-2;1-6(2)4-5-7(3)8;1-2/h4H,1-3H3,(H,10,11)(H,12,13);6H,4-5,7H2,1-3H3;4-7H,8H2,1-3H3;1-2H3/b;8-6+;5-4+;. The lowest BCUT2D eigenvalue weighted by Gasteiger charge is -1.95. The summed E-state index contributed by atoms with van der Waals surface area (Å²) in [4.78, 5) is 14.8. The van der Waals surface area contributed by atoms with E-state index in [9.17, 15) is 0 Å². The molecule has 0 radical (unpaired) electrons. The van der Waals surface area contributed by atoms with Crippen LogP contribution in [0.3, 0.4) is 0 Å². The molecule has 2 aromatic heterocycles. The number of aryl methyl sites for hydroxylation is 3. The third kappa shape index (κ3) is 15.3. The molecule has 178 valence electrons. The van der Waals surface area contributed by atoms with Crippen molar-refractivity contribution < 1.29 is 0 Å². The Balaban J connectivity index is 0. The molecule has 0 saturated carbocycles. The highest BCUT2D eigenvalue weighted by molar-refractivity contribution is 5.59. The van der Waals surface area contributed by atoms with Gasteiger partial charge in [0, 0.05) is 17.4 Å². The van der Waals surface area contributed by atoms with Gasteiger partial charge in [-0.15, -0.1) is 0 Å². The van der Waals surface area contributed by atoms with E-state index >= 15 is 0 Å². The molecule has 2 rings (SSSR count). The molecule has 1 unspecified atom stereocenters. The van der Waals surface area contributed by atoms with Crippen molar-refractivity contribution in [3.8, 4) is 11.4 Å². The van der Waals surface area contributed by atoms with Crippen LogP contribution < -0.4 is 5.73 Å². The largest absolute Gasteiger partial charge is 0.348 e. The molecule has 2 heterocycles. The summed E-state index contributed by atoms with van der Waals surface area (Å²) in [5.41, 5.74) is 11.0. The Morgan fingerprint density at radius 1 is 1.03 bits per heavy atom. The molecule has 0 aliphatic carbocycles. The maximum absolute atomic E-state index is 5.45. The fraction of sp³-hybridized carbons (Fsp3) is 0.615. The van der Waals surface area contributed by atoms with Crippen molar-refractivity contribution in [2.45, 2.75) is 101 Å². The minimum atomic E-state index is 0.206. The van der Waals surface area contributed by atoms with Gasteiger partial charge in [0.1, 0.15) is 17.2 Å². The number of allylic oxidation sites excluding steroid dienone is 3. The molecule has 0 aromatic carbocycles.